The molecule has 0 unspecified atom stereocenters. The summed E-state index contributed by atoms with van der Waals surface area (Å²) in [5.74, 6) is 0. The van der Waals surface area contributed by atoms with Crippen LogP contribution in [0.1, 0.15) is 31.7 Å². The summed E-state index contributed by atoms with van der Waals surface area (Å²) in [6, 6.07) is 2.58. The molecular weight excluding hydrogens is 389 g/mol. The SMILES string of the molecule is CCCN(C1CCNCC1)S(=O)(=O)c1cc(C)cc([N+](=O)[O-])c1Cl.Cl. The molecule has 7 nitrogen and oxygen atoms in total. The molecule has 0 bridgehead atoms. The summed E-state index contributed by atoms with van der Waals surface area (Å²) >= 11 is 6.08. The monoisotopic (exact) mass is 411 g/mol. The van der Waals surface area contributed by atoms with Crippen LogP contribution in [0.2, 0.25) is 5.02 Å². The van der Waals surface area contributed by atoms with E-state index in [1.807, 2.05) is 6.92 Å². The lowest BCUT2D eigenvalue weighted by Gasteiger charge is -2.33. The van der Waals surface area contributed by atoms with Crippen molar-refractivity contribution in [2.75, 3.05) is 19.6 Å². The Labute approximate surface area is 159 Å². The van der Waals surface area contributed by atoms with Gasteiger partial charge in [-0.1, -0.05) is 18.5 Å². The number of nitrogens with one attached hydrogen (secondary N) is 1. The number of sulfonamides is 1. The molecule has 142 valence electrons. The molecule has 1 aliphatic heterocycles. The van der Waals surface area contributed by atoms with E-state index in [0.29, 0.717) is 31.4 Å². The fourth-order valence-electron chi connectivity index (χ4n) is 2.98. The van der Waals surface area contributed by atoms with E-state index >= 15 is 0 Å². The lowest BCUT2D eigenvalue weighted by molar-refractivity contribution is -0.385. The van der Waals surface area contributed by atoms with Gasteiger partial charge < -0.3 is 5.32 Å². The first-order valence-corrected chi connectivity index (χ1v) is 9.78. The summed E-state index contributed by atoms with van der Waals surface area (Å²) in [6.07, 6.45) is 2.09. The molecule has 1 N–H and O–H groups in total. The summed E-state index contributed by atoms with van der Waals surface area (Å²) in [7, 11) is -3.90. The van der Waals surface area contributed by atoms with Crippen LogP contribution < -0.4 is 5.32 Å². The van der Waals surface area contributed by atoms with E-state index in [0.717, 1.165) is 13.1 Å². The average Bonchev–Trinajstić information content (AvgIpc) is 2.54. The third kappa shape index (κ3) is 4.83. The van der Waals surface area contributed by atoms with Gasteiger partial charge in [-0.25, -0.2) is 8.42 Å². The van der Waals surface area contributed by atoms with Gasteiger partial charge in [-0.2, -0.15) is 4.31 Å². The van der Waals surface area contributed by atoms with Gasteiger partial charge in [-0.3, -0.25) is 10.1 Å². The molecule has 1 saturated heterocycles. The van der Waals surface area contributed by atoms with Gasteiger partial charge in [0, 0.05) is 18.7 Å². The quantitative estimate of drug-likeness (QED) is 0.573. The molecule has 10 heteroatoms. The summed E-state index contributed by atoms with van der Waals surface area (Å²) in [5.41, 5.74) is 0.114. The molecule has 1 aliphatic rings. The van der Waals surface area contributed by atoms with Crippen LogP contribution in [0.25, 0.3) is 0 Å². The number of nitro groups is 1. The van der Waals surface area contributed by atoms with Gasteiger partial charge in [0.2, 0.25) is 10.0 Å². The summed E-state index contributed by atoms with van der Waals surface area (Å²) in [6.45, 7) is 5.40. The van der Waals surface area contributed by atoms with Crippen molar-refractivity contribution in [3.63, 3.8) is 0 Å². The van der Waals surface area contributed by atoms with E-state index in [1.54, 1.807) is 6.92 Å². The van der Waals surface area contributed by atoms with Crippen molar-refractivity contribution in [3.05, 3.63) is 32.8 Å². The van der Waals surface area contributed by atoms with Crippen molar-refractivity contribution in [1.29, 1.82) is 0 Å². The maximum Gasteiger partial charge on any atom is 0.289 e. The number of piperidine rings is 1. The molecule has 0 aromatic heterocycles. The molecule has 2 rings (SSSR count). The van der Waals surface area contributed by atoms with Gasteiger partial charge in [-0.15, -0.1) is 12.4 Å². The predicted molar refractivity (Wildman–Crippen MR) is 100 cm³/mol. The van der Waals surface area contributed by atoms with E-state index < -0.39 is 14.9 Å². The van der Waals surface area contributed by atoms with Crippen LogP contribution in [0.5, 0.6) is 0 Å². The van der Waals surface area contributed by atoms with Crippen LogP contribution in [0, 0.1) is 17.0 Å². The fourth-order valence-corrected chi connectivity index (χ4v) is 5.39. The van der Waals surface area contributed by atoms with E-state index in [9.17, 15) is 18.5 Å². The molecule has 0 radical (unpaired) electrons. The highest BCUT2D eigenvalue weighted by Gasteiger charge is 2.35. The number of aryl methyl sites for hydroxylation is 1. The van der Waals surface area contributed by atoms with E-state index in [2.05, 4.69) is 5.32 Å². The second-order valence-electron chi connectivity index (χ2n) is 5.95. The van der Waals surface area contributed by atoms with Crippen molar-refractivity contribution in [1.82, 2.24) is 9.62 Å². The van der Waals surface area contributed by atoms with Crippen molar-refractivity contribution in [3.8, 4) is 0 Å². The first-order chi connectivity index (χ1) is 11.3. The first kappa shape index (κ1) is 22.1. The zero-order valence-corrected chi connectivity index (χ0v) is 16.6. The van der Waals surface area contributed by atoms with Crippen molar-refractivity contribution >= 4 is 39.7 Å². The number of hydrogen-bond donors (Lipinski definition) is 1. The summed E-state index contributed by atoms with van der Waals surface area (Å²) < 4.78 is 27.8. The van der Waals surface area contributed by atoms with Crippen molar-refractivity contribution in [2.45, 2.75) is 44.0 Å². The van der Waals surface area contributed by atoms with Crippen molar-refractivity contribution < 1.29 is 13.3 Å². The van der Waals surface area contributed by atoms with E-state index in [4.69, 9.17) is 11.6 Å². The largest absolute Gasteiger partial charge is 0.317 e. The van der Waals surface area contributed by atoms with Gasteiger partial charge in [0.25, 0.3) is 5.69 Å². The molecule has 0 saturated carbocycles. The normalized spacial score (nSPS) is 15.8. The standard InChI is InChI=1S/C15H22ClN3O4S.ClH/c1-3-8-18(12-4-6-17-7-5-12)24(22,23)14-10-11(2)9-13(15(14)16)19(20)21;/h9-10,12,17H,3-8H2,1-2H3;1H. The Morgan fingerprint density at radius 3 is 2.48 bits per heavy atom. The lowest BCUT2D eigenvalue weighted by Crippen LogP contribution is -2.46. The van der Waals surface area contributed by atoms with E-state index in [-0.39, 0.29) is 34.1 Å². The molecule has 0 atom stereocenters. The number of nitro benzene ring substituents is 1. The van der Waals surface area contributed by atoms with Gasteiger partial charge in [0.05, 0.1) is 4.92 Å². The highest BCUT2D eigenvalue weighted by Crippen LogP contribution is 2.35. The van der Waals surface area contributed by atoms with E-state index in [1.165, 1.54) is 16.4 Å². The fraction of sp³-hybridized carbons (Fsp3) is 0.600. The van der Waals surface area contributed by atoms with Gasteiger partial charge >= 0.3 is 0 Å². The van der Waals surface area contributed by atoms with Crippen LogP contribution in [-0.4, -0.2) is 43.3 Å². The molecular formula is C15H23Cl2N3O4S. The minimum Gasteiger partial charge on any atom is -0.317 e. The Kier molecular flexibility index (Phi) is 8.08. The van der Waals surface area contributed by atoms with Crippen LogP contribution in [0.4, 0.5) is 5.69 Å². The number of rotatable bonds is 6. The van der Waals surface area contributed by atoms with Crippen molar-refractivity contribution in [2.24, 2.45) is 0 Å². The number of benzene rings is 1. The van der Waals surface area contributed by atoms with Gasteiger partial charge in [0.1, 0.15) is 9.92 Å². The molecule has 1 aromatic carbocycles. The second-order valence-corrected chi connectivity index (χ2v) is 8.19. The zero-order valence-electron chi connectivity index (χ0n) is 14.2. The Morgan fingerprint density at radius 1 is 1.36 bits per heavy atom. The van der Waals surface area contributed by atoms with Gasteiger partial charge in [-0.05, 0) is 50.9 Å². The Morgan fingerprint density at radius 2 is 1.96 bits per heavy atom. The first-order valence-electron chi connectivity index (χ1n) is 7.96. The maximum atomic E-state index is 13.2. The second kappa shape index (κ2) is 9.14. The molecule has 1 heterocycles. The molecule has 1 fully saturated rings. The highest BCUT2D eigenvalue weighted by molar-refractivity contribution is 7.89. The summed E-state index contributed by atoms with van der Waals surface area (Å²) in [4.78, 5) is 10.3. The Balaban J connectivity index is 0.00000312. The third-order valence-electron chi connectivity index (χ3n) is 4.11. The van der Waals surface area contributed by atoms with Crippen LogP contribution in [0.3, 0.4) is 0 Å². The van der Waals surface area contributed by atoms with Crippen LogP contribution in [0.15, 0.2) is 17.0 Å². The molecule has 0 spiro atoms. The van der Waals surface area contributed by atoms with Crippen LogP contribution in [-0.2, 0) is 10.0 Å². The summed E-state index contributed by atoms with van der Waals surface area (Å²) in [5, 5.41) is 14.0. The molecule has 1 aromatic rings. The Bertz CT molecular complexity index is 722. The average molecular weight is 412 g/mol. The lowest BCUT2D eigenvalue weighted by atomic mass is 10.1. The van der Waals surface area contributed by atoms with Crippen LogP contribution >= 0.6 is 24.0 Å². The molecule has 25 heavy (non-hydrogen) atoms. The third-order valence-corrected chi connectivity index (χ3v) is 6.59. The smallest absolute Gasteiger partial charge is 0.289 e. The number of hydrogen-bond acceptors (Lipinski definition) is 5. The topological polar surface area (TPSA) is 92.6 Å². The maximum absolute atomic E-state index is 13.2. The zero-order chi connectivity index (χ0) is 17.9. The number of halogens is 2. The number of nitrogens with zero attached hydrogens (tertiary/aromatic N) is 2. The minimum atomic E-state index is -3.90. The molecule has 0 aliphatic carbocycles. The minimum absolute atomic E-state index is 0. The Hall–Kier alpha value is -0.930. The predicted octanol–water partition coefficient (Wildman–Crippen LogP) is 3.13. The molecule has 0 amide bonds. The highest BCUT2D eigenvalue weighted by atomic mass is 35.5. The van der Waals surface area contributed by atoms with Gasteiger partial charge in [0.15, 0.2) is 0 Å².